The highest BCUT2D eigenvalue weighted by Crippen LogP contribution is 2.31. The normalized spacial score (nSPS) is 10.8. The number of hydrogen-bond donors (Lipinski definition) is 1. The van der Waals surface area contributed by atoms with E-state index in [4.69, 9.17) is 9.47 Å². The first-order valence-corrected chi connectivity index (χ1v) is 11.6. The fraction of sp³-hybridized carbons (Fsp3) is 0.0968. The van der Waals surface area contributed by atoms with Crippen molar-refractivity contribution in [1.82, 2.24) is 0 Å². The van der Waals surface area contributed by atoms with Crippen LogP contribution in [0.15, 0.2) is 109 Å². The number of aryl methyl sites for hydroxylation is 1. The third-order valence-corrected chi connectivity index (χ3v) is 5.43. The van der Waals surface area contributed by atoms with Crippen molar-refractivity contribution in [3.63, 3.8) is 0 Å². The maximum atomic E-state index is 12.7. The first-order chi connectivity index (χ1) is 17.6. The number of amides is 1. The van der Waals surface area contributed by atoms with E-state index in [2.05, 4.69) is 5.32 Å². The lowest BCUT2D eigenvalue weighted by Gasteiger charge is -2.14. The average Bonchev–Trinajstić information content (AvgIpc) is 2.92. The summed E-state index contributed by atoms with van der Waals surface area (Å²) in [4.78, 5) is 12.7. The van der Waals surface area contributed by atoms with Crippen molar-refractivity contribution < 1.29 is 14.3 Å². The molecule has 0 aliphatic carbocycles. The molecule has 0 saturated heterocycles. The van der Waals surface area contributed by atoms with Crippen molar-refractivity contribution in [2.75, 3.05) is 5.32 Å². The van der Waals surface area contributed by atoms with Gasteiger partial charge >= 0.3 is 0 Å². The van der Waals surface area contributed by atoms with Gasteiger partial charge in [-0.25, -0.2) is 0 Å². The molecule has 4 rings (SSSR count). The van der Waals surface area contributed by atoms with E-state index in [-0.39, 0.29) is 5.57 Å². The topological polar surface area (TPSA) is 71.4 Å². The Morgan fingerprint density at radius 1 is 0.806 bits per heavy atom. The van der Waals surface area contributed by atoms with Crippen molar-refractivity contribution in [1.29, 1.82) is 5.26 Å². The van der Waals surface area contributed by atoms with Gasteiger partial charge < -0.3 is 14.8 Å². The van der Waals surface area contributed by atoms with Gasteiger partial charge in [-0.1, -0.05) is 84.4 Å². The van der Waals surface area contributed by atoms with E-state index in [0.717, 1.165) is 16.7 Å². The second kappa shape index (κ2) is 12.0. The Morgan fingerprint density at radius 2 is 1.39 bits per heavy atom. The van der Waals surface area contributed by atoms with Crippen molar-refractivity contribution in [3.8, 4) is 17.6 Å². The minimum Gasteiger partial charge on any atom is -0.485 e. The van der Waals surface area contributed by atoms with Crippen LogP contribution in [-0.4, -0.2) is 5.91 Å². The molecule has 0 bridgehead atoms. The summed E-state index contributed by atoms with van der Waals surface area (Å²) in [6.45, 7) is 2.71. The van der Waals surface area contributed by atoms with E-state index in [0.29, 0.717) is 36.0 Å². The number of ether oxygens (including phenoxy) is 2. The smallest absolute Gasteiger partial charge is 0.266 e. The lowest BCUT2D eigenvalue weighted by Crippen LogP contribution is -2.13. The second-order valence-corrected chi connectivity index (χ2v) is 8.24. The fourth-order valence-electron chi connectivity index (χ4n) is 3.47. The molecule has 1 amide bonds. The van der Waals surface area contributed by atoms with Gasteiger partial charge in [-0.2, -0.15) is 5.26 Å². The van der Waals surface area contributed by atoms with E-state index in [1.54, 1.807) is 36.4 Å². The Kier molecular flexibility index (Phi) is 8.14. The van der Waals surface area contributed by atoms with Gasteiger partial charge in [0.2, 0.25) is 0 Å². The van der Waals surface area contributed by atoms with Crippen molar-refractivity contribution in [2.45, 2.75) is 20.1 Å². The lowest BCUT2D eigenvalue weighted by molar-refractivity contribution is -0.112. The fourth-order valence-corrected chi connectivity index (χ4v) is 3.47. The van der Waals surface area contributed by atoms with Crippen LogP contribution in [0.1, 0.15) is 22.3 Å². The van der Waals surface area contributed by atoms with Gasteiger partial charge in [0.05, 0.1) is 0 Å². The van der Waals surface area contributed by atoms with Crippen molar-refractivity contribution in [3.05, 3.63) is 131 Å². The SMILES string of the molecule is Cc1ccc(NC(=O)C(C#N)=Cc2ccc(OCc3ccccc3)c(OCc3ccccc3)c2)cc1. The molecule has 4 aromatic carbocycles. The predicted molar refractivity (Wildman–Crippen MR) is 141 cm³/mol. The van der Waals surface area contributed by atoms with Crippen LogP contribution in [0.4, 0.5) is 5.69 Å². The monoisotopic (exact) mass is 474 g/mol. The molecule has 178 valence electrons. The van der Waals surface area contributed by atoms with Gasteiger partial charge in [-0.3, -0.25) is 4.79 Å². The minimum absolute atomic E-state index is 0.0115. The quantitative estimate of drug-likeness (QED) is 0.216. The molecule has 0 unspecified atom stereocenters. The molecule has 36 heavy (non-hydrogen) atoms. The maximum Gasteiger partial charge on any atom is 0.266 e. The summed E-state index contributed by atoms with van der Waals surface area (Å²) in [5, 5.41) is 12.4. The number of carbonyl (C=O) groups is 1. The molecule has 0 aromatic heterocycles. The van der Waals surface area contributed by atoms with E-state index >= 15 is 0 Å². The number of nitrogens with one attached hydrogen (secondary N) is 1. The molecule has 0 radical (unpaired) electrons. The minimum atomic E-state index is -0.475. The van der Waals surface area contributed by atoms with Crippen LogP contribution in [0.5, 0.6) is 11.5 Å². The maximum absolute atomic E-state index is 12.7. The molecule has 0 heterocycles. The van der Waals surface area contributed by atoms with Crippen molar-refractivity contribution >= 4 is 17.7 Å². The first-order valence-electron chi connectivity index (χ1n) is 11.6. The molecule has 5 nitrogen and oxygen atoms in total. The summed E-state index contributed by atoms with van der Waals surface area (Å²) in [5.74, 6) is 0.631. The Morgan fingerprint density at radius 3 is 1.97 bits per heavy atom. The highest BCUT2D eigenvalue weighted by molar-refractivity contribution is 6.09. The standard InChI is InChI=1S/C31H26N2O3/c1-23-12-15-28(16-13-23)33-31(34)27(20-32)18-26-14-17-29(35-21-24-8-4-2-5-9-24)30(19-26)36-22-25-10-6-3-7-11-25/h2-19H,21-22H2,1H3,(H,33,34). The summed E-state index contributed by atoms with van der Waals surface area (Å²) >= 11 is 0. The number of hydrogen-bond acceptors (Lipinski definition) is 4. The number of rotatable bonds is 9. The van der Waals surface area contributed by atoms with Crippen molar-refractivity contribution in [2.24, 2.45) is 0 Å². The summed E-state index contributed by atoms with van der Waals surface area (Å²) in [5.41, 5.74) is 4.41. The van der Waals surface area contributed by atoms with Crippen LogP contribution < -0.4 is 14.8 Å². The van der Waals surface area contributed by atoms with E-state index in [1.807, 2.05) is 85.8 Å². The summed E-state index contributed by atoms with van der Waals surface area (Å²) in [6, 6.07) is 34.5. The van der Waals surface area contributed by atoms with Gasteiger partial charge in [0.15, 0.2) is 11.5 Å². The zero-order valence-electron chi connectivity index (χ0n) is 20.0. The van der Waals surface area contributed by atoms with Crippen LogP contribution in [-0.2, 0) is 18.0 Å². The molecule has 4 aromatic rings. The summed E-state index contributed by atoms with van der Waals surface area (Å²) < 4.78 is 12.1. The molecule has 5 heteroatoms. The third-order valence-electron chi connectivity index (χ3n) is 5.43. The Hall–Kier alpha value is -4.82. The van der Waals surface area contributed by atoms with Crippen LogP contribution >= 0.6 is 0 Å². The Balaban J connectivity index is 1.55. The van der Waals surface area contributed by atoms with Crippen LogP contribution in [0.2, 0.25) is 0 Å². The molecular formula is C31H26N2O3. The predicted octanol–water partition coefficient (Wildman–Crippen LogP) is 6.70. The van der Waals surface area contributed by atoms with Crippen LogP contribution in [0, 0.1) is 18.3 Å². The molecule has 0 saturated carbocycles. The summed E-state index contributed by atoms with van der Waals surface area (Å²) in [6.07, 6.45) is 1.54. The van der Waals surface area contributed by atoms with Crippen LogP contribution in [0.25, 0.3) is 6.08 Å². The first kappa shape index (κ1) is 24.3. The van der Waals surface area contributed by atoms with Crippen LogP contribution in [0.3, 0.4) is 0 Å². The van der Waals surface area contributed by atoms with E-state index < -0.39 is 5.91 Å². The number of nitrogens with zero attached hydrogens (tertiary/aromatic N) is 1. The highest BCUT2D eigenvalue weighted by atomic mass is 16.5. The summed E-state index contributed by atoms with van der Waals surface area (Å²) in [7, 11) is 0. The molecule has 0 fully saturated rings. The van der Waals surface area contributed by atoms with E-state index in [1.165, 1.54) is 0 Å². The second-order valence-electron chi connectivity index (χ2n) is 8.24. The zero-order valence-corrected chi connectivity index (χ0v) is 20.0. The molecule has 0 spiro atoms. The molecule has 1 N–H and O–H groups in total. The van der Waals surface area contributed by atoms with Gasteiger partial charge in [-0.15, -0.1) is 0 Å². The van der Waals surface area contributed by atoms with E-state index in [9.17, 15) is 10.1 Å². The average molecular weight is 475 g/mol. The highest BCUT2D eigenvalue weighted by Gasteiger charge is 2.12. The molecule has 0 aliphatic heterocycles. The van der Waals surface area contributed by atoms with Gasteiger partial charge in [0.25, 0.3) is 5.91 Å². The Labute approximate surface area is 211 Å². The Bertz CT molecular complexity index is 1370. The number of nitriles is 1. The molecular weight excluding hydrogens is 448 g/mol. The van der Waals surface area contributed by atoms with Gasteiger partial charge in [0.1, 0.15) is 24.9 Å². The molecule has 0 atom stereocenters. The lowest BCUT2D eigenvalue weighted by atomic mass is 10.1. The number of carbonyl (C=O) groups excluding carboxylic acids is 1. The van der Waals surface area contributed by atoms with Gasteiger partial charge in [-0.05, 0) is 54.0 Å². The zero-order chi connectivity index (χ0) is 25.2. The largest absolute Gasteiger partial charge is 0.485 e. The third kappa shape index (κ3) is 6.85. The number of anilines is 1. The number of benzene rings is 4. The van der Waals surface area contributed by atoms with Gasteiger partial charge in [0, 0.05) is 5.69 Å². The molecule has 0 aliphatic rings.